The highest BCUT2D eigenvalue weighted by atomic mass is 79.9. The molecule has 1 unspecified atom stereocenters. The van der Waals surface area contributed by atoms with Crippen molar-refractivity contribution >= 4 is 39.1 Å². The molecule has 104 valence electrons. The average molecular weight is 345 g/mol. The minimum atomic E-state index is -0.356. The van der Waals surface area contributed by atoms with Gasteiger partial charge in [-0.1, -0.05) is 6.92 Å². The average Bonchev–Trinajstić information content (AvgIpc) is 2.75. The van der Waals surface area contributed by atoms with Gasteiger partial charge in [0.25, 0.3) is 0 Å². The van der Waals surface area contributed by atoms with E-state index in [0.29, 0.717) is 25.9 Å². The van der Waals surface area contributed by atoms with Gasteiger partial charge in [0.2, 0.25) is 11.8 Å². The van der Waals surface area contributed by atoms with Crippen LogP contribution in [0.25, 0.3) is 0 Å². The zero-order chi connectivity index (χ0) is 13.8. The molecule has 0 radical (unpaired) electrons. The molecule has 0 spiro atoms. The second-order valence-electron chi connectivity index (χ2n) is 4.56. The van der Waals surface area contributed by atoms with E-state index in [4.69, 9.17) is 0 Å². The van der Waals surface area contributed by atoms with Crippen LogP contribution in [-0.2, 0) is 16.0 Å². The van der Waals surface area contributed by atoms with E-state index < -0.39 is 0 Å². The van der Waals surface area contributed by atoms with Crippen LogP contribution in [0.3, 0.4) is 0 Å². The Hall–Kier alpha value is -0.880. The van der Waals surface area contributed by atoms with Crippen LogP contribution in [0.15, 0.2) is 15.9 Å². The van der Waals surface area contributed by atoms with Gasteiger partial charge in [0.15, 0.2) is 0 Å². The first-order valence-corrected chi connectivity index (χ1v) is 8.03. The molecule has 2 amide bonds. The fraction of sp³-hybridized carbons (Fsp3) is 0.538. The summed E-state index contributed by atoms with van der Waals surface area (Å²) in [4.78, 5) is 26.8. The fourth-order valence-electron chi connectivity index (χ4n) is 2.13. The van der Waals surface area contributed by atoms with Crippen LogP contribution >= 0.6 is 27.3 Å². The molecule has 0 aliphatic carbocycles. The Bertz CT molecular complexity index is 475. The van der Waals surface area contributed by atoms with Crippen molar-refractivity contribution in [3.63, 3.8) is 0 Å². The van der Waals surface area contributed by atoms with Gasteiger partial charge in [-0.05, 0) is 40.9 Å². The van der Waals surface area contributed by atoms with Crippen LogP contribution in [0.5, 0.6) is 0 Å². The quantitative estimate of drug-likeness (QED) is 0.909. The molecule has 1 aliphatic heterocycles. The van der Waals surface area contributed by atoms with Gasteiger partial charge in [-0.2, -0.15) is 0 Å². The van der Waals surface area contributed by atoms with Crippen molar-refractivity contribution in [3.05, 3.63) is 20.8 Å². The van der Waals surface area contributed by atoms with Crippen molar-refractivity contribution in [1.82, 2.24) is 10.2 Å². The Morgan fingerprint density at radius 2 is 2.26 bits per heavy atom. The van der Waals surface area contributed by atoms with E-state index in [9.17, 15) is 9.59 Å². The number of nitrogens with one attached hydrogen (secondary N) is 1. The second-order valence-corrected chi connectivity index (χ2v) is 7.11. The number of carbonyl (C=O) groups is 2. The molecule has 2 heterocycles. The summed E-state index contributed by atoms with van der Waals surface area (Å²) in [6.07, 6.45) is 1.88. The van der Waals surface area contributed by atoms with Crippen LogP contribution in [-0.4, -0.2) is 35.8 Å². The van der Waals surface area contributed by atoms with E-state index in [1.165, 1.54) is 4.88 Å². The van der Waals surface area contributed by atoms with Gasteiger partial charge in [-0.25, -0.2) is 0 Å². The van der Waals surface area contributed by atoms with Crippen molar-refractivity contribution < 1.29 is 9.59 Å². The number of thiophene rings is 1. The van der Waals surface area contributed by atoms with Gasteiger partial charge >= 0.3 is 0 Å². The third-order valence-electron chi connectivity index (χ3n) is 3.22. The number of amides is 2. The lowest BCUT2D eigenvalue weighted by atomic mass is 10.2. The van der Waals surface area contributed by atoms with Crippen molar-refractivity contribution in [2.75, 3.05) is 13.1 Å². The number of hydrogen-bond donors (Lipinski definition) is 1. The Balaban J connectivity index is 1.97. The summed E-state index contributed by atoms with van der Waals surface area (Å²) < 4.78 is 1.10. The summed E-state index contributed by atoms with van der Waals surface area (Å²) in [7, 11) is 0. The molecule has 1 fully saturated rings. The van der Waals surface area contributed by atoms with Gasteiger partial charge in [-0.3, -0.25) is 9.59 Å². The minimum Gasteiger partial charge on any atom is -0.344 e. The topological polar surface area (TPSA) is 49.4 Å². The molecule has 4 nitrogen and oxygen atoms in total. The van der Waals surface area contributed by atoms with Crippen molar-refractivity contribution in [2.24, 2.45) is 0 Å². The van der Waals surface area contributed by atoms with Crippen LogP contribution in [0.2, 0.25) is 0 Å². The van der Waals surface area contributed by atoms with Crippen molar-refractivity contribution in [1.29, 1.82) is 0 Å². The monoisotopic (exact) mass is 344 g/mol. The Labute approximate surface area is 125 Å². The van der Waals surface area contributed by atoms with Gasteiger partial charge in [0.05, 0.1) is 3.79 Å². The highest BCUT2D eigenvalue weighted by Crippen LogP contribution is 2.22. The first kappa shape index (κ1) is 14.5. The van der Waals surface area contributed by atoms with Crippen LogP contribution in [0, 0.1) is 0 Å². The van der Waals surface area contributed by atoms with E-state index in [1.807, 2.05) is 13.0 Å². The molecule has 2 rings (SSSR count). The maximum Gasteiger partial charge on any atom is 0.245 e. The number of rotatable bonds is 4. The molecule has 1 aromatic heterocycles. The maximum absolute atomic E-state index is 12.3. The molecule has 1 atom stereocenters. The fourth-order valence-corrected chi connectivity index (χ4v) is 3.60. The van der Waals surface area contributed by atoms with Gasteiger partial charge in [-0.15, -0.1) is 11.3 Å². The van der Waals surface area contributed by atoms with Crippen molar-refractivity contribution in [2.45, 2.75) is 32.2 Å². The minimum absolute atomic E-state index is 0.0263. The summed E-state index contributed by atoms with van der Waals surface area (Å²) in [6.45, 7) is 3.12. The lowest BCUT2D eigenvalue weighted by Crippen LogP contribution is -2.44. The van der Waals surface area contributed by atoms with E-state index in [2.05, 4.69) is 27.3 Å². The molecule has 0 bridgehead atoms. The van der Waals surface area contributed by atoms with Gasteiger partial charge in [0.1, 0.15) is 6.04 Å². The molecule has 0 aromatic carbocycles. The van der Waals surface area contributed by atoms with E-state index in [1.54, 1.807) is 16.2 Å². The standard InChI is InChI=1S/C13H17BrN2O2S/c1-2-10-13(18)16(8-6-12(17)15-10)7-5-9-3-4-11(14)19-9/h3-4,10H,2,5-8H2,1H3,(H,15,17). The molecule has 1 aromatic rings. The highest BCUT2D eigenvalue weighted by Gasteiger charge is 2.28. The molecule has 1 saturated heterocycles. The smallest absolute Gasteiger partial charge is 0.245 e. The first-order chi connectivity index (χ1) is 9.10. The normalized spacial score (nSPS) is 20.3. The lowest BCUT2D eigenvalue weighted by Gasteiger charge is -2.23. The predicted molar refractivity (Wildman–Crippen MR) is 79.1 cm³/mol. The Morgan fingerprint density at radius 3 is 2.89 bits per heavy atom. The van der Waals surface area contributed by atoms with Gasteiger partial charge < -0.3 is 10.2 Å². The zero-order valence-electron chi connectivity index (χ0n) is 10.8. The third-order valence-corrected chi connectivity index (χ3v) is 4.90. The molecule has 6 heteroatoms. The van der Waals surface area contributed by atoms with E-state index in [-0.39, 0.29) is 17.9 Å². The molecule has 19 heavy (non-hydrogen) atoms. The summed E-state index contributed by atoms with van der Waals surface area (Å²) in [5, 5.41) is 2.78. The first-order valence-electron chi connectivity index (χ1n) is 6.42. The van der Waals surface area contributed by atoms with Gasteiger partial charge in [0, 0.05) is 24.4 Å². The summed E-state index contributed by atoms with van der Waals surface area (Å²) in [6, 6.07) is 3.73. The zero-order valence-corrected chi connectivity index (χ0v) is 13.2. The molecule has 1 N–H and O–H groups in total. The summed E-state index contributed by atoms with van der Waals surface area (Å²) in [5.41, 5.74) is 0. The third kappa shape index (κ3) is 3.79. The largest absolute Gasteiger partial charge is 0.344 e. The second kappa shape index (κ2) is 6.52. The summed E-state index contributed by atoms with van der Waals surface area (Å²) >= 11 is 5.12. The number of nitrogens with zero attached hydrogens (tertiary/aromatic N) is 1. The van der Waals surface area contributed by atoms with E-state index in [0.717, 1.165) is 10.2 Å². The molecule has 1 aliphatic rings. The lowest BCUT2D eigenvalue weighted by molar-refractivity contribution is -0.133. The SMILES string of the molecule is CCC1NC(=O)CCN(CCc2ccc(Br)s2)C1=O. The van der Waals surface area contributed by atoms with Crippen LogP contribution in [0.4, 0.5) is 0 Å². The number of carbonyl (C=O) groups excluding carboxylic acids is 2. The van der Waals surface area contributed by atoms with E-state index >= 15 is 0 Å². The highest BCUT2D eigenvalue weighted by molar-refractivity contribution is 9.11. The Morgan fingerprint density at radius 1 is 1.47 bits per heavy atom. The van der Waals surface area contributed by atoms with Crippen LogP contribution < -0.4 is 5.32 Å². The molecular weight excluding hydrogens is 328 g/mol. The molecule has 0 saturated carbocycles. The maximum atomic E-state index is 12.3. The Kier molecular flexibility index (Phi) is 4.99. The van der Waals surface area contributed by atoms with Crippen molar-refractivity contribution in [3.8, 4) is 0 Å². The number of halogens is 1. The predicted octanol–water partition coefficient (Wildman–Crippen LogP) is 2.18. The summed E-state index contributed by atoms with van der Waals surface area (Å²) in [5.74, 6) is 0.0190. The molecular formula is C13H17BrN2O2S. The number of hydrogen-bond acceptors (Lipinski definition) is 3. The van der Waals surface area contributed by atoms with Crippen LogP contribution in [0.1, 0.15) is 24.6 Å².